The molecule has 0 atom stereocenters. The summed E-state index contributed by atoms with van der Waals surface area (Å²) in [7, 11) is 1.41. The van der Waals surface area contributed by atoms with E-state index < -0.39 is 0 Å². The molecule has 0 aromatic heterocycles. The zero-order valence-corrected chi connectivity index (χ0v) is 13.2. The molecular formula is C18H27NO2. The first-order valence-electron chi connectivity index (χ1n) is 8.07. The van der Waals surface area contributed by atoms with Crippen molar-refractivity contribution >= 4 is 5.97 Å². The molecule has 0 bridgehead atoms. The SMILES string of the molecule is COC(=O)c1ccc(CNCCC2CCC(C)CC2)cc1. The van der Waals surface area contributed by atoms with Crippen molar-refractivity contribution in [1.29, 1.82) is 0 Å². The molecule has 1 N–H and O–H groups in total. The summed E-state index contributed by atoms with van der Waals surface area (Å²) in [5.74, 6) is 1.57. The Morgan fingerprint density at radius 2 is 1.86 bits per heavy atom. The van der Waals surface area contributed by atoms with Gasteiger partial charge in [0.05, 0.1) is 12.7 Å². The number of benzene rings is 1. The second-order valence-corrected chi connectivity index (χ2v) is 6.28. The molecule has 21 heavy (non-hydrogen) atoms. The third kappa shape index (κ3) is 5.16. The molecule has 0 unspecified atom stereocenters. The molecule has 1 aliphatic carbocycles. The summed E-state index contributed by atoms with van der Waals surface area (Å²) in [5.41, 5.74) is 1.82. The lowest BCUT2D eigenvalue weighted by atomic mass is 9.81. The van der Waals surface area contributed by atoms with Gasteiger partial charge in [0.2, 0.25) is 0 Å². The second kappa shape index (κ2) is 8.18. The van der Waals surface area contributed by atoms with Crippen molar-refractivity contribution in [2.45, 2.75) is 45.6 Å². The normalized spacial score (nSPS) is 22.0. The van der Waals surface area contributed by atoms with Gasteiger partial charge >= 0.3 is 5.97 Å². The molecule has 1 aliphatic rings. The number of hydrogen-bond donors (Lipinski definition) is 1. The highest BCUT2D eigenvalue weighted by Crippen LogP contribution is 2.29. The summed E-state index contributed by atoms with van der Waals surface area (Å²) >= 11 is 0. The topological polar surface area (TPSA) is 38.3 Å². The molecule has 0 aliphatic heterocycles. The van der Waals surface area contributed by atoms with Crippen LogP contribution in [0.4, 0.5) is 0 Å². The molecule has 116 valence electrons. The maximum Gasteiger partial charge on any atom is 0.337 e. The molecule has 0 saturated heterocycles. The molecule has 1 fully saturated rings. The Hall–Kier alpha value is -1.35. The number of carbonyl (C=O) groups is 1. The fourth-order valence-electron chi connectivity index (χ4n) is 3.03. The Morgan fingerprint density at radius 1 is 1.19 bits per heavy atom. The van der Waals surface area contributed by atoms with Crippen molar-refractivity contribution in [2.24, 2.45) is 11.8 Å². The summed E-state index contributed by atoms with van der Waals surface area (Å²) in [5, 5.41) is 3.51. The Bertz CT molecular complexity index is 433. The van der Waals surface area contributed by atoms with Crippen LogP contribution in [-0.4, -0.2) is 19.6 Å². The highest BCUT2D eigenvalue weighted by Gasteiger charge is 2.17. The van der Waals surface area contributed by atoms with Gasteiger partial charge in [0.1, 0.15) is 0 Å². The molecule has 0 radical (unpaired) electrons. The van der Waals surface area contributed by atoms with Crippen LogP contribution in [0.25, 0.3) is 0 Å². The minimum absolute atomic E-state index is 0.277. The summed E-state index contributed by atoms with van der Waals surface area (Å²) in [6.45, 7) is 4.31. The van der Waals surface area contributed by atoms with E-state index in [0.29, 0.717) is 5.56 Å². The van der Waals surface area contributed by atoms with Crippen LogP contribution in [0.1, 0.15) is 54.9 Å². The van der Waals surface area contributed by atoms with E-state index in [1.807, 2.05) is 24.3 Å². The van der Waals surface area contributed by atoms with Gasteiger partial charge in [0.25, 0.3) is 0 Å². The van der Waals surface area contributed by atoms with Crippen LogP contribution >= 0.6 is 0 Å². The van der Waals surface area contributed by atoms with E-state index in [1.165, 1.54) is 44.8 Å². The van der Waals surface area contributed by atoms with Gasteiger partial charge in [-0.2, -0.15) is 0 Å². The van der Waals surface area contributed by atoms with Crippen LogP contribution in [0.3, 0.4) is 0 Å². The van der Waals surface area contributed by atoms with Gasteiger partial charge in [-0.25, -0.2) is 4.79 Å². The minimum Gasteiger partial charge on any atom is -0.465 e. The lowest BCUT2D eigenvalue weighted by Gasteiger charge is -2.26. The van der Waals surface area contributed by atoms with Gasteiger partial charge < -0.3 is 10.1 Å². The first kappa shape index (κ1) is 16.0. The average Bonchev–Trinajstić information content (AvgIpc) is 2.53. The van der Waals surface area contributed by atoms with Crippen molar-refractivity contribution in [3.63, 3.8) is 0 Å². The summed E-state index contributed by atoms with van der Waals surface area (Å²) in [4.78, 5) is 11.3. The van der Waals surface area contributed by atoms with E-state index in [2.05, 4.69) is 12.2 Å². The number of esters is 1. The van der Waals surface area contributed by atoms with Gasteiger partial charge in [-0.3, -0.25) is 0 Å². The maximum absolute atomic E-state index is 11.3. The van der Waals surface area contributed by atoms with Crippen molar-refractivity contribution < 1.29 is 9.53 Å². The van der Waals surface area contributed by atoms with E-state index >= 15 is 0 Å². The van der Waals surface area contributed by atoms with Crippen LogP contribution in [0.2, 0.25) is 0 Å². The van der Waals surface area contributed by atoms with Crippen LogP contribution in [0.5, 0.6) is 0 Å². The molecule has 3 nitrogen and oxygen atoms in total. The van der Waals surface area contributed by atoms with E-state index in [0.717, 1.165) is 24.9 Å². The molecule has 1 saturated carbocycles. The van der Waals surface area contributed by atoms with Crippen LogP contribution in [-0.2, 0) is 11.3 Å². The number of nitrogens with one attached hydrogen (secondary N) is 1. The number of carbonyl (C=O) groups excluding carboxylic acids is 1. The zero-order valence-electron chi connectivity index (χ0n) is 13.2. The fraction of sp³-hybridized carbons (Fsp3) is 0.611. The molecule has 0 heterocycles. The molecule has 2 rings (SSSR count). The van der Waals surface area contributed by atoms with Gasteiger partial charge in [0.15, 0.2) is 0 Å². The largest absolute Gasteiger partial charge is 0.465 e. The number of rotatable bonds is 6. The van der Waals surface area contributed by atoms with Crippen LogP contribution < -0.4 is 5.32 Å². The molecule has 1 aromatic rings. The molecule has 0 spiro atoms. The number of ether oxygens (including phenoxy) is 1. The highest BCUT2D eigenvalue weighted by molar-refractivity contribution is 5.89. The Balaban J connectivity index is 1.65. The zero-order chi connectivity index (χ0) is 15.1. The van der Waals surface area contributed by atoms with Crippen molar-refractivity contribution in [3.8, 4) is 0 Å². The Kier molecular flexibility index (Phi) is 6.24. The molecule has 1 aromatic carbocycles. The standard InChI is InChI=1S/C18H27NO2/c1-14-3-5-15(6-4-14)11-12-19-13-16-7-9-17(10-8-16)18(20)21-2/h7-10,14-15,19H,3-6,11-13H2,1-2H3. The first-order chi connectivity index (χ1) is 10.2. The van der Waals surface area contributed by atoms with Crippen molar-refractivity contribution in [2.75, 3.05) is 13.7 Å². The third-order valence-electron chi connectivity index (χ3n) is 4.57. The van der Waals surface area contributed by atoms with Gasteiger partial charge in [0, 0.05) is 6.54 Å². The van der Waals surface area contributed by atoms with E-state index in [9.17, 15) is 4.79 Å². The molecular weight excluding hydrogens is 262 g/mol. The molecule has 3 heteroatoms. The quantitative estimate of drug-likeness (QED) is 0.640. The van der Waals surface area contributed by atoms with Crippen LogP contribution in [0.15, 0.2) is 24.3 Å². The molecule has 0 amide bonds. The lowest BCUT2D eigenvalue weighted by molar-refractivity contribution is 0.0600. The predicted octanol–water partition coefficient (Wildman–Crippen LogP) is 3.78. The van der Waals surface area contributed by atoms with Crippen molar-refractivity contribution in [3.05, 3.63) is 35.4 Å². The predicted molar refractivity (Wildman–Crippen MR) is 85.2 cm³/mol. The Morgan fingerprint density at radius 3 is 2.48 bits per heavy atom. The minimum atomic E-state index is -0.277. The monoisotopic (exact) mass is 289 g/mol. The highest BCUT2D eigenvalue weighted by atomic mass is 16.5. The average molecular weight is 289 g/mol. The first-order valence-corrected chi connectivity index (χ1v) is 8.07. The second-order valence-electron chi connectivity index (χ2n) is 6.28. The summed E-state index contributed by atoms with van der Waals surface area (Å²) in [6.07, 6.45) is 6.89. The fourth-order valence-corrected chi connectivity index (χ4v) is 3.03. The summed E-state index contributed by atoms with van der Waals surface area (Å²) in [6, 6.07) is 7.62. The number of methoxy groups -OCH3 is 1. The summed E-state index contributed by atoms with van der Waals surface area (Å²) < 4.78 is 4.69. The van der Waals surface area contributed by atoms with Crippen molar-refractivity contribution in [1.82, 2.24) is 5.32 Å². The van der Waals surface area contributed by atoms with E-state index in [-0.39, 0.29) is 5.97 Å². The van der Waals surface area contributed by atoms with Crippen LogP contribution in [0, 0.1) is 11.8 Å². The van der Waals surface area contributed by atoms with Gasteiger partial charge in [-0.1, -0.05) is 44.7 Å². The van der Waals surface area contributed by atoms with Gasteiger partial charge in [-0.05, 0) is 42.5 Å². The lowest BCUT2D eigenvalue weighted by Crippen LogP contribution is -2.20. The number of hydrogen-bond acceptors (Lipinski definition) is 3. The maximum atomic E-state index is 11.3. The smallest absolute Gasteiger partial charge is 0.337 e. The van der Waals surface area contributed by atoms with Gasteiger partial charge in [-0.15, -0.1) is 0 Å². The third-order valence-corrected chi connectivity index (χ3v) is 4.57. The van der Waals surface area contributed by atoms with E-state index in [4.69, 9.17) is 4.74 Å². The van der Waals surface area contributed by atoms with E-state index in [1.54, 1.807) is 0 Å². The Labute approximate surface area is 128 Å².